The number of benzene rings is 1. The van der Waals surface area contributed by atoms with Crippen LogP contribution in [-0.2, 0) is 0 Å². The van der Waals surface area contributed by atoms with Crippen molar-refractivity contribution < 1.29 is 9.13 Å². The molecule has 0 atom stereocenters. The number of hydrogen-bond acceptors (Lipinski definition) is 2. The third kappa shape index (κ3) is 5.31. The van der Waals surface area contributed by atoms with Gasteiger partial charge in [0.1, 0.15) is 11.6 Å². The van der Waals surface area contributed by atoms with Gasteiger partial charge in [0.2, 0.25) is 0 Å². The monoisotopic (exact) mass is 369 g/mol. The van der Waals surface area contributed by atoms with E-state index in [2.05, 4.69) is 24.9 Å². The van der Waals surface area contributed by atoms with Crippen LogP contribution in [0.5, 0.6) is 5.75 Å². The molecule has 0 bridgehead atoms. The first-order valence-corrected chi connectivity index (χ1v) is 10.6. The molecule has 1 heterocycles. The summed E-state index contributed by atoms with van der Waals surface area (Å²) in [5.41, 5.74) is 2.53. The Morgan fingerprint density at radius 1 is 1.04 bits per heavy atom. The summed E-state index contributed by atoms with van der Waals surface area (Å²) in [6.45, 7) is 5.08. The highest BCUT2D eigenvalue weighted by Gasteiger charge is 2.21. The van der Waals surface area contributed by atoms with Crippen molar-refractivity contribution in [3.05, 3.63) is 47.9 Å². The molecule has 0 spiro atoms. The Morgan fingerprint density at radius 2 is 1.85 bits per heavy atom. The maximum absolute atomic E-state index is 14.5. The second-order valence-corrected chi connectivity index (χ2v) is 7.80. The molecule has 1 aromatic heterocycles. The molecule has 0 aliphatic heterocycles. The Morgan fingerprint density at radius 3 is 2.48 bits per heavy atom. The first kappa shape index (κ1) is 19.9. The van der Waals surface area contributed by atoms with E-state index in [-0.39, 0.29) is 5.82 Å². The topological polar surface area (TPSA) is 22.1 Å². The van der Waals surface area contributed by atoms with Crippen LogP contribution in [0.15, 0.2) is 36.5 Å². The summed E-state index contributed by atoms with van der Waals surface area (Å²) in [5.74, 6) is 1.83. The van der Waals surface area contributed by atoms with Crippen LogP contribution in [0, 0.1) is 11.7 Å². The van der Waals surface area contributed by atoms with E-state index in [4.69, 9.17) is 4.74 Å². The van der Waals surface area contributed by atoms with Gasteiger partial charge in [0, 0.05) is 17.8 Å². The van der Waals surface area contributed by atoms with E-state index < -0.39 is 0 Å². The molecule has 2 aromatic rings. The van der Waals surface area contributed by atoms with Gasteiger partial charge in [-0.05, 0) is 67.7 Å². The smallest absolute Gasteiger partial charge is 0.136 e. The predicted molar refractivity (Wildman–Crippen MR) is 110 cm³/mol. The molecule has 0 N–H and O–H groups in total. The summed E-state index contributed by atoms with van der Waals surface area (Å²) in [6, 6.07) is 9.18. The molecule has 27 heavy (non-hydrogen) atoms. The number of aromatic nitrogens is 1. The average molecular weight is 370 g/mol. The number of hydrogen-bond donors (Lipinski definition) is 0. The fraction of sp³-hybridized carbons (Fsp3) is 0.542. The number of pyridine rings is 1. The van der Waals surface area contributed by atoms with E-state index >= 15 is 0 Å². The van der Waals surface area contributed by atoms with Crippen molar-refractivity contribution in [1.29, 1.82) is 0 Å². The van der Waals surface area contributed by atoms with Crippen LogP contribution in [-0.4, -0.2) is 11.6 Å². The van der Waals surface area contributed by atoms with Crippen LogP contribution in [0.4, 0.5) is 4.39 Å². The van der Waals surface area contributed by atoms with Gasteiger partial charge < -0.3 is 4.74 Å². The first-order chi connectivity index (χ1) is 13.2. The predicted octanol–water partition coefficient (Wildman–Crippen LogP) is 7.14. The number of unbranched alkanes of at least 4 members (excludes halogenated alkanes) is 2. The van der Waals surface area contributed by atoms with Crippen molar-refractivity contribution in [2.75, 3.05) is 6.61 Å². The van der Waals surface area contributed by atoms with Gasteiger partial charge in [-0.25, -0.2) is 4.39 Å². The van der Waals surface area contributed by atoms with Crippen molar-refractivity contribution >= 4 is 0 Å². The van der Waals surface area contributed by atoms with Gasteiger partial charge >= 0.3 is 0 Å². The summed E-state index contributed by atoms with van der Waals surface area (Å²) >= 11 is 0. The maximum Gasteiger partial charge on any atom is 0.136 e. The number of ether oxygens (including phenoxy) is 1. The van der Waals surface area contributed by atoms with E-state index in [1.54, 1.807) is 6.07 Å². The van der Waals surface area contributed by atoms with E-state index in [1.165, 1.54) is 43.7 Å². The van der Waals surface area contributed by atoms with Crippen LogP contribution < -0.4 is 4.74 Å². The van der Waals surface area contributed by atoms with Gasteiger partial charge in [-0.2, -0.15) is 0 Å². The molecule has 1 aromatic carbocycles. The maximum atomic E-state index is 14.5. The van der Waals surface area contributed by atoms with Crippen LogP contribution in [0.25, 0.3) is 11.3 Å². The quantitative estimate of drug-likeness (QED) is 0.461. The number of nitrogens with zero attached hydrogens (tertiary/aromatic N) is 1. The third-order valence-corrected chi connectivity index (χ3v) is 5.91. The normalized spacial score (nSPS) is 19.8. The van der Waals surface area contributed by atoms with Crippen molar-refractivity contribution in [2.24, 2.45) is 5.92 Å². The number of rotatable bonds is 8. The zero-order valence-electron chi connectivity index (χ0n) is 16.7. The van der Waals surface area contributed by atoms with Gasteiger partial charge in [-0.1, -0.05) is 39.2 Å². The largest absolute Gasteiger partial charge is 0.493 e. The minimum absolute atomic E-state index is 0.272. The Hall–Kier alpha value is -1.90. The fourth-order valence-corrected chi connectivity index (χ4v) is 4.05. The van der Waals surface area contributed by atoms with Gasteiger partial charge in [0.15, 0.2) is 0 Å². The fourth-order valence-electron chi connectivity index (χ4n) is 4.05. The Balaban J connectivity index is 1.63. The van der Waals surface area contributed by atoms with Crippen LogP contribution in [0.2, 0.25) is 0 Å². The molecule has 3 rings (SSSR count). The molecule has 0 unspecified atom stereocenters. The molecular weight excluding hydrogens is 337 g/mol. The molecule has 0 saturated heterocycles. The lowest BCUT2D eigenvalue weighted by Gasteiger charge is -2.27. The van der Waals surface area contributed by atoms with E-state index in [0.29, 0.717) is 29.5 Å². The molecule has 1 aliphatic rings. The highest BCUT2D eigenvalue weighted by Crippen LogP contribution is 2.37. The SMILES string of the molecule is CCCCCOc1ccc(-c2ccc([C@H]3CC[C@H](CC)CC3)cn2)c(F)c1. The molecule has 1 aliphatic carbocycles. The molecule has 2 nitrogen and oxygen atoms in total. The number of halogens is 1. The minimum Gasteiger partial charge on any atom is -0.493 e. The van der Waals surface area contributed by atoms with Crippen molar-refractivity contribution in [1.82, 2.24) is 4.98 Å². The lowest BCUT2D eigenvalue weighted by Crippen LogP contribution is -2.12. The Labute approximate surface area is 163 Å². The van der Waals surface area contributed by atoms with Crippen LogP contribution in [0.3, 0.4) is 0 Å². The summed E-state index contributed by atoms with van der Waals surface area (Å²) in [7, 11) is 0. The van der Waals surface area contributed by atoms with Crippen molar-refractivity contribution in [3.8, 4) is 17.0 Å². The Bertz CT molecular complexity index is 705. The summed E-state index contributed by atoms with van der Waals surface area (Å²) in [6.07, 6.45) is 11.7. The zero-order chi connectivity index (χ0) is 19.1. The second-order valence-electron chi connectivity index (χ2n) is 7.80. The molecule has 0 amide bonds. The van der Waals surface area contributed by atoms with Gasteiger partial charge in [-0.3, -0.25) is 4.98 Å². The van der Waals surface area contributed by atoms with Gasteiger partial charge in [0.05, 0.1) is 12.3 Å². The lowest BCUT2D eigenvalue weighted by atomic mass is 9.78. The average Bonchev–Trinajstić information content (AvgIpc) is 2.72. The Kier molecular flexibility index (Phi) is 7.25. The van der Waals surface area contributed by atoms with Crippen molar-refractivity contribution in [3.63, 3.8) is 0 Å². The van der Waals surface area contributed by atoms with Crippen LogP contribution >= 0.6 is 0 Å². The van der Waals surface area contributed by atoms with E-state index in [0.717, 1.165) is 25.2 Å². The lowest BCUT2D eigenvalue weighted by molar-refractivity contribution is 0.305. The molecule has 0 radical (unpaired) electrons. The molecule has 3 heteroatoms. The zero-order valence-corrected chi connectivity index (χ0v) is 16.7. The van der Waals surface area contributed by atoms with E-state index in [9.17, 15) is 4.39 Å². The van der Waals surface area contributed by atoms with Crippen LogP contribution in [0.1, 0.15) is 76.7 Å². The highest BCUT2D eigenvalue weighted by atomic mass is 19.1. The van der Waals surface area contributed by atoms with E-state index in [1.807, 2.05) is 18.3 Å². The molecular formula is C24H32FNO. The molecule has 146 valence electrons. The van der Waals surface area contributed by atoms with Gasteiger partial charge in [-0.15, -0.1) is 0 Å². The van der Waals surface area contributed by atoms with Crippen molar-refractivity contribution in [2.45, 2.75) is 71.1 Å². The summed E-state index contributed by atoms with van der Waals surface area (Å²) < 4.78 is 20.2. The first-order valence-electron chi connectivity index (χ1n) is 10.6. The third-order valence-electron chi connectivity index (χ3n) is 5.91. The standard InChI is InChI=1S/C24H32FNO/c1-3-5-6-15-27-21-12-13-22(23(25)16-21)24-14-11-20(17-26-24)19-9-7-18(4-2)8-10-19/h11-14,16-19H,3-10,15H2,1-2H3/t18-,19-. The minimum atomic E-state index is -0.272. The highest BCUT2D eigenvalue weighted by molar-refractivity contribution is 5.61. The van der Waals surface area contributed by atoms with Gasteiger partial charge in [0.25, 0.3) is 0 Å². The summed E-state index contributed by atoms with van der Waals surface area (Å²) in [4.78, 5) is 4.56. The summed E-state index contributed by atoms with van der Waals surface area (Å²) in [5, 5.41) is 0. The second kappa shape index (κ2) is 9.87. The molecule has 1 saturated carbocycles. The molecule has 1 fully saturated rings.